The number of carbonyl (C=O) groups is 1. The van der Waals surface area contributed by atoms with Crippen molar-refractivity contribution in [1.82, 2.24) is 4.90 Å². The lowest BCUT2D eigenvalue weighted by molar-refractivity contribution is -0.154. The standard InChI is InChI=1S/C9H16F3NO2/c1-4-15-8(14)7(2)5-13(3)6-9(10,11)12/h7H,4-6H2,1-3H3. The number of hydrogen-bond donors (Lipinski definition) is 0. The van der Waals surface area contributed by atoms with Crippen LogP contribution in [0.4, 0.5) is 13.2 Å². The highest BCUT2D eigenvalue weighted by atomic mass is 19.4. The average molecular weight is 227 g/mol. The molecule has 0 aliphatic carbocycles. The molecule has 0 bridgehead atoms. The number of halogens is 3. The average Bonchev–Trinajstić information content (AvgIpc) is 2.00. The van der Waals surface area contributed by atoms with Crippen LogP contribution in [0.2, 0.25) is 0 Å². The van der Waals surface area contributed by atoms with Gasteiger partial charge in [-0.25, -0.2) is 0 Å². The molecule has 1 unspecified atom stereocenters. The molecule has 0 aromatic rings. The molecule has 90 valence electrons. The van der Waals surface area contributed by atoms with Crippen molar-refractivity contribution in [2.75, 3.05) is 26.7 Å². The Bertz CT molecular complexity index is 206. The Hall–Kier alpha value is -0.780. The number of hydrogen-bond acceptors (Lipinski definition) is 3. The number of nitrogens with zero attached hydrogens (tertiary/aromatic N) is 1. The van der Waals surface area contributed by atoms with E-state index in [9.17, 15) is 18.0 Å². The van der Waals surface area contributed by atoms with Gasteiger partial charge in [-0.05, 0) is 14.0 Å². The second-order valence-electron chi connectivity index (χ2n) is 3.47. The minimum absolute atomic E-state index is 0.0400. The molecule has 0 saturated heterocycles. The molecular weight excluding hydrogens is 211 g/mol. The summed E-state index contributed by atoms with van der Waals surface area (Å²) in [5.74, 6) is -1.01. The summed E-state index contributed by atoms with van der Waals surface area (Å²) < 4.78 is 40.5. The van der Waals surface area contributed by atoms with Gasteiger partial charge in [0, 0.05) is 6.54 Å². The molecule has 0 aromatic heterocycles. The molecule has 0 aromatic carbocycles. The summed E-state index contributed by atoms with van der Waals surface area (Å²) in [5.41, 5.74) is 0. The lowest BCUT2D eigenvalue weighted by Gasteiger charge is -2.21. The second kappa shape index (κ2) is 5.95. The summed E-state index contributed by atoms with van der Waals surface area (Å²) in [6.07, 6.45) is -4.23. The van der Waals surface area contributed by atoms with Gasteiger partial charge in [0.05, 0.1) is 19.1 Å². The van der Waals surface area contributed by atoms with Gasteiger partial charge in [0.1, 0.15) is 0 Å². The topological polar surface area (TPSA) is 29.5 Å². The van der Waals surface area contributed by atoms with E-state index in [0.717, 1.165) is 4.90 Å². The van der Waals surface area contributed by atoms with Gasteiger partial charge in [0.2, 0.25) is 0 Å². The Morgan fingerprint density at radius 1 is 1.47 bits per heavy atom. The largest absolute Gasteiger partial charge is 0.466 e. The van der Waals surface area contributed by atoms with Gasteiger partial charge in [0.15, 0.2) is 0 Å². The van der Waals surface area contributed by atoms with Crippen LogP contribution in [0.5, 0.6) is 0 Å². The lowest BCUT2D eigenvalue weighted by Crippen LogP contribution is -2.36. The van der Waals surface area contributed by atoms with Crippen LogP contribution in [0, 0.1) is 5.92 Å². The first-order valence-corrected chi connectivity index (χ1v) is 4.68. The van der Waals surface area contributed by atoms with E-state index in [1.54, 1.807) is 13.8 Å². The first-order chi connectivity index (χ1) is 6.76. The van der Waals surface area contributed by atoms with Crippen molar-refractivity contribution >= 4 is 5.97 Å². The zero-order valence-electron chi connectivity index (χ0n) is 9.10. The lowest BCUT2D eigenvalue weighted by atomic mass is 10.2. The molecule has 0 aliphatic heterocycles. The Labute approximate surface area is 87.2 Å². The molecule has 0 amide bonds. The molecular formula is C9H16F3NO2. The third-order valence-electron chi connectivity index (χ3n) is 1.72. The Kier molecular flexibility index (Phi) is 5.64. The summed E-state index contributed by atoms with van der Waals surface area (Å²) >= 11 is 0. The van der Waals surface area contributed by atoms with Crippen LogP contribution in [-0.2, 0) is 9.53 Å². The number of rotatable bonds is 5. The summed E-state index contributed by atoms with van der Waals surface area (Å²) in [6.45, 7) is 2.47. The van der Waals surface area contributed by atoms with Gasteiger partial charge in [-0.3, -0.25) is 9.69 Å². The molecule has 1 atom stereocenters. The van der Waals surface area contributed by atoms with Crippen LogP contribution < -0.4 is 0 Å². The van der Waals surface area contributed by atoms with Crippen LogP contribution in [0.25, 0.3) is 0 Å². The molecule has 0 rings (SSSR count). The van der Waals surface area contributed by atoms with Gasteiger partial charge in [-0.1, -0.05) is 6.92 Å². The monoisotopic (exact) mass is 227 g/mol. The van der Waals surface area contributed by atoms with Gasteiger partial charge >= 0.3 is 12.1 Å². The van der Waals surface area contributed by atoms with E-state index >= 15 is 0 Å². The van der Waals surface area contributed by atoms with Gasteiger partial charge in [0.25, 0.3) is 0 Å². The van der Waals surface area contributed by atoms with Crippen molar-refractivity contribution in [3.05, 3.63) is 0 Å². The molecule has 0 radical (unpaired) electrons. The Morgan fingerprint density at radius 3 is 2.40 bits per heavy atom. The molecule has 3 nitrogen and oxygen atoms in total. The summed E-state index contributed by atoms with van der Waals surface area (Å²) in [6, 6.07) is 0. The quantitative estimate of drug-likeness (QED) is 0.669. The summed E-state index contributed by atoms with van der Waals surface area (Å²) in [4.78, 5) is 12.2. The van der Waals surface area contributed by atoms with Crippen LogP contribution in [0.1, 0.15) is 13.8 Å². The van der Waals surface area contributed by atoms with Crippen molar-refractivity contribution in [2.45, 2.75) is 20.0 Å². The third-order valence-corrected chi connectivity index (χ3v) is 1.72. The molecule has 0 saturated carbocycles. The first kappa shape index (κ1) is 14.2. The fourth-order valence-electron chi connectivity index (χ4n) is 1.20. The predicted octanol–water partition coefficient (Wildman–Crippen LogP) is 1.68. The van der Waals surface area contributed by atoms with E-state index in [-0.39, 0.29) is 13.2 Å². The SMILES string of the molecule is CCOC(=O)C(C)CN(C)CC(F)(F)F. The Balaban J connectivity index is 3.96. The molecule has 0 spiro atoms. The molecule has 0 aliphatic rings. The van der Waals surface area contributed by atoms with Gasteiger partial charge in [-0.2, -0.15) is 13.2 Å². The van der Waals surface area contributed by atoms with E-state index in [1.165, 1.54) is 7.05 Å². The van der Waals surface area contributed by atoms with Crippen LogP contribution in [-0.4, -0.2) is 43.8 Å². The highest BCUT2D eigenvalue weighted by molar-refractivity contribution is 5.72. The third kappa shape index (κ3) is 7.18. The smallest absolute Gasteiger partial charge is 0.401 e. The van der Waals surface area contributed by atoms with E-state index in [2.05, 4.69) is 4.74 Å². The van der Waals surface area contributed by atoms with E-state index < -0.39 is 24.6 Å². The fraction of sp³-hybridized carbons (Fsp3) is 0.889. The van der Waals surface area contributed by atoms with Gasteiger partial charge in [-0.15, -0.1) is 0 Å². The van der Waals surface area contributed by atoms with Crippen LogP contribution >= 0.6 is 0 Å². The number of carbonyl (C=O) groups excluding carboxylic acids is 1. The molecule has 0 heterocycles. The summed E-state index contributed by atoms with van der Waals surface area (Å²) in [7, 11) is 1.32. The first-order valence-electron chi connectivity index (χ1n) is 4.68. The fourth-order valence-corrected chi connectivity index (χ4v) is 1.20. The van der Waals surface area contributed by atoms with E-state index in [0.29, 0.717) is 0 Å². The number of esters is 1. The normalized spacial score (nSPS) is 14.1. The highest BCUT2D eigenvalue weighted by Crippen LogP contribution is 2.16. The second-order valence-corrected chi connectivity index (χ2v) is 3.47. The Morgan fingerprint density at radius 2 is 2.00 bits per heavy atom. The maximum atomic E-state index is 11.9. The van der Waals surface area contributed by atoms with Crippen LogP contribution in [0.3, 0.4) is 0 Å². The predicted molar refractivity (Wildman–Crippen MR) is 49.3 cm³/mol. The van der Waals surface area contributed by atoms with E-state index in [1.807, 2.05) is 0 Å². The molecule has 0 fully saturated rings. The molecule has 15 heavy (non-hydrogen) atoms. The zero-order valence-corrected chi connectivity index (χ0v) is 9.10. The minimum Gasteiger partial charge on any atom is -0.466 e. The van der Waals surface area contributed by atoms with Crippen molar-refractivity contribution in [1.29, 1.82) is 0 Å². The van der Waals surface area contributed by atoms with Crippen molar-refractivity contribution < 1.29 is 22.7 Å². The number of ether oxygens (including phenoxy) is 1. The highest BCUT2D eigenvalue weighted by Gasteiger charge is 2.30. The molecule has 0 N–H and O–H groups in total. The summed E-state index contributed by atoms with van der Waals surface area (Å²) in [5, 5.41) is 0. The molecule has 6 heteroatoms. The minimum atomic E-state index is -4.23. The maximum absolute atomic E-state index is 11.9. The van der Waals surface area contributed by atoms with Crippen molar-refractivity contribution in [2.24, 2.45) is 5.92 Å². The maximum Gasteiger partial charge on any atom is 0.401 e. The van der Waals surface area contributed by atoms with Crippen LogP contribution in [0.15, 0.2) is 0 Å². The zero-order chi connectivity index (χ0) is 12.1. The van der Waals surface area contributed by atoms with E-state index in [4.69, 9.17) is 0 Å². The number of alkyl halides is 3. The van der Waals surface area contributed by atoms with Gasteiger partial charge < -0.3 is 4.74 Å². The van der Waals surface area contributed by atoms with Crippen molar-refractivity contribution in [3.63, 3.8) is 0 Å². The van der Waals surface area contributed by atoms with Crippen molar-refractivity contribution in [3.8, 4) is 0 Å².